The average Bonchev–Trinajstić information content (AvgIpc) is 3.07. The molecule has 4 aromatic rings. The smallest absolute Gasteiger partial charge is 0.147 e. The number of pyridine rings is 2. The number of hydrogen-bond acceptors (Lipinski definition) is 5. The van der Waals surface area contributed by atoms with Crippen LogP contribution in [0.3, 0.4) is 0 Å². The number of anilines is 1. The van der Waals surface area contributed by atoms with Gasteiger partial charge in [-0.1, -0.05) is 11.6 Å². The van der Waals surface area contributed by atoms with Gasteiger partial charge in [0.15, 0.2) is 0 Å². The number of aromatic nitrogens is 4. The number of halogens is 1. The molecule has 0 radical (unpaired) electrons. The molecule has 3 aromatic heterocycles. The molecule has 130 valence electrons. The van der Waals surface area contributed by atoms with E-state index in [0.717, 1.165) is 33.9 Å². The largest absolute Gasteiger partial charge is 0.369 e. The molecule has 0 fully saturated rings. The lowest BCUT2D eigenvalue weighted by Crippen LogP contribution is -2.13. The van der Waals surface area contributed by atoms with Gasteiger partial charge in [-0.15, -0.1) is 0 Å². The molecule has 7 heteroatoms. The first-order chi connectivity index (χ1) is 12.8. The van der Waals surface area contributed by atoms with Crippen molar-refractivity contribution in [2.75, 3.05) is 18.4 Å². The number of hydrogen-bond donors (Lipinski definition) is 2. The molecular weight excluding hydrogens is 348 g/mol. The Morgan fingerprint density at radius 2 is 1.88 bits per heavy atom. The minimum Gasteiger partial charge on any atom is -0.369 e. The predicted octanol–water partition coefficient (Wildman–Crippen LogP) is 3.51. The average molecular weight is 365 g/mol. The van der Waals surface area contributed by atoms with E-state index >= 15 is 0 Å². The molecular formula is C19H17ClN6. The van der Waals surface area contributed by atoms with Crippen LogP contribution >= 0.6 is 11.6 Å². The highest BCUT2D eigenvalue weighted by Crippen LogP contribution is 2.28. The van der Waals surface area contributed by atoms with Crippen LogP contribution in [0.2, 0.25) is 5.02 Å². The van der Waals surface area contributed by atoms with Crippen LogP contribution in [0.25, 0.3) is 28.1 Å². The van der Waals surface area contributed by atoms with Crippen molar-refractivity contribution in [1.82, 2.24) is 19.5 Å². The molecule has 3 heterocycles. The minimum atomic E-state index is 0.558. The van der Waals surface area contributed by atoms with Gasteiger partial charge in [-0.05, 0) is 42.5 Å². The molecule has 0 aliphatic heterocycles. The summed E-state index contributed by atoms with van der Waals surface area (Å²) in [6.45, 7) is 1.24. The minimum absolute atomic E-state index is 0.558. The monoisotopic (exact) mass is 364 g/mol. The SMILES string of the molecule is NCCNc1ccc(-c2nc3ccncc3n2-c2ccc(Cl)cc2)cn1. The Labute approximate surface area is 155 Å². The molecule has 0 saturated heterocycles. The van der Waals surface area contributed by atoms with Gasteiger partial charge in [0.05, 0.1) is 17.2 Å². The second kappa shape index (κ2) is 7.11. The maximum Gasteiger partial charge on any atom is 0.147 e. The lowest BCUT2D eigenvalue weighted by atomic mass is 10.2. The summed E-state index contributed by atoms with van der Waals surface area (Å²) in [6.07, 6.45) is 5.36. The zero-order valence-corrected chi connectivity index (χ0v) is 14.7. The molecule has 6 nitrogen and oxygen atoms in total. The molecule has 0 bridgehead atoms. The Balaban J connectivity index is 1.84. The second-order valence-electron chi connectivity index (χ2n) is 5.76. The Hall–Kier alpha value is -2.96. The number of benzene rings is 1. The van der Waals surface area contributed by atoms with Crippen LogP contribution in [0.5, 0.6) is 0 Å². The molecule has 0 spiro atoms. The normalized spacial score (nSPS) is 11.0. The van der Waals surface area contributed by atoms with Gasteiger partial charge in [-0.25, -0.2) is 9.97 Å². The van der Waals surface area contributed by atoms with E-state index in [1.54, 1.807) is 12.4 Å². The first kappa shape index (κ1) is 16.5. The van der Waals surface area contributed by atoms with Gasteiger partial charge in [0.25, 0.3) is 0 Å². The number of rotatable bonds is 5. The van der Waals surface area contributed by atoms with Crippen LogP contribution < -0.4 is 11.1 Å². The van der Waals surface area contributed by atoms with Crippen molar-refractivity contribution in [3.63, 3.8) is 0 Å². The Kier molecular flexibility index (Phi) is 4.51. The summed E-state index contributed by atoms with van der Waals surface area (Å²) in [5.41, 5.74) is 9.19. The highest BCUT2D eigenvalue weighted by molar-refractivity contribution is 6.30. The van der Waals surface area contributed by atoms with E-state index < -0.39 is 0 Å². The third kappa shape index (κ3) is 3.12. The maximum atomic E-state index is 6.04. The van der Waals surface area contributed by atoms with Crippen molar-refractivity contribution in [1.29, 1.82) is 0 Å². The van der Waals surface area contributed by atoms with Crippen LogP contribution in [-0.2, 0) is 0 Å². The van der Waals surface area contributed by atoms with E-state index in [-0.39, 0.29) is 0 Å². The fourth-order valence-corrected chi connectivity index (χ4v) is 2.93. The fourth-order valence-electron chi connectivity index (χ4n) is 2.80. The second-order valence-corrected chi connectivity index (χ2v) is 6.20. The molecule has 0 saturated carbocycles. The van der Waals surface area contributed by atoms with Gasteiger partial charge in [0.2, 0.25) is 0 Å². The number of fused-ring (bicyclic) bond motifs is 1. The van der Waals surface area contributed by atoms with E-state index in [9.17, 15) is 0 Å². The van der Waals surface area contributed by atoms with Crippen LogP contribution in [0.4, 0.5) is 5.82 Å². The van der Waals surface area contributed by atoms with Crippen LogP contribution in [0.15, 0.2) is 61.1 Å². The Bertz CT molecular complexity index is 1020. The van der Waals surface area contributed by atoms with Gasteiger partial charge >= 0.3 is 0 Å². The number of imidazole rings is 1. The molecule has 0 aliphatic carbocycles. The van der Waals surface area contributed by atoms with Crippen molar-refractivity contribution >= 4 is 28.5 Å². The van der Waals surface area contributed by atoms with Crippen LogP contribution in [-0.4, -0.2) is 32.6 Å². The Morgan fingerprint density at radius 3 is 2.62 bits per heavy atom. The highest BCUT2D eigenvalue weighted by atomic mass is 35.5. The first-order valence-electron chi connectivity index (χ1n) is 8.25. The lowest BCUT2D eigenvalue weighted by Gasteiger charge is -2.10. The third-order valence-electron chi connectivity index (χ3n) is 4.01. The van der Waals surface area contributed by atoms with Gasteiger partial charge in [-0.2, -0.15) is 0 Å². The summed E-state index contributed by atoms with van der Waals surface area (Å²) in [7, 11) is 0. The van der Waals surface area contributed by atoms with Crippen molar-refractivity contribution < 1.29 is 0 Å². The van der Waals surface area contributed by atoms with Gasteiger partial charge in [0.1, 0.15) is 11.6 Å². The van der Waals surface area contributed by atoms with Gasteiger partial charge in [0, 0.05) is 41.8 Å². The van der Waals surface area contributed by atoms with E-state index in [4.69, 9.17) is 22.3 Å². The molecule has 26 heavy (non-hydrogen) atoms. The zero-order chi connectivity index (χ0) is 17.9. The van der Waals surface area contributed by atoms with Crippen LogP contribution in [0.1, 0.15) is 0 Å². The molecule has 0 amide bonds. The molecule has 0 unspecified atom stereocenters. The lowest BCUT2D eigenvalue weighted by molar-refractivity contribution is 1.01. The standard InChI is InChI=1S/C19H17ClN6/c20-14-2-4-15(5-3-14)26-17-12-22-9-7-16(17)25-19(26)13-1-6-18(24-11-13)23-10-8-21/h1-7,9,11-12H,8,10,21H2,(H,23,24). The first-order valence-corrected chi connectivity index (χ1v) is 8.63. The predicted molar refractivity (Wildman–Crippen MR) is 105 cm³/mol. The summed E-state index contributed by atoms with van der Waals surface area (Å²) >= 11 is 6.04. The molecule has 1 aromatic carbocycles. The van der Waals surface area contributed by atoms with Crippen molar-refractivity contribution in [3.8, 4) is 17.1 Å². The van der Waals surface area contributed by atoms with E-state index in [1.807, 2.05) is 48.7 Å². The zero-order valence-electron chi connectivity index (χ0n) is 13.9. The number of nitrogens with one attached hydrogen (secondary N) is 1. The highest BCUT2D eigenvalue weighted by Gasteiger charge is 2.14. The topological polar surface area (TPSA) is 81.6 Å². The molecule has 3 N–H and O–H groups in total. The summed E-state index contributed by atoms with van der Waals surface area (Å²) < 4.78 is 2.06. The summed E-state index contributed by atoms with van der Waals surface area (Å²) in [5.74, 6) is 1.59. The van der Waals surface area contributed by atoms with Crippen molar-refractivity contribution in [3.05, 3.63) is 66.1 Å². The summed E-state index contributed by atoms with van der Waals surface area (Å²) in [4.78, 5) is 13.5. The quantitative estimate of drug-likeness (QED) is 0.566. The molecule has 0 atom stereocenters. The van der Waals surface area contributed by atoms with Crippen molar-refractivity contribution in [2.45, 2.75) is 0 Å². The maximum absolute atomic E-state index is 6.04. The fraction of sp³-hybridized carbons (Fsp3) is 0.105. The van der Waals surface area contributed by atoms with Gasteiger partial charge < -0.3 is 11.1 Å². The summed E-state index contributed by atoms with van der Waals surface area (Å²) in [6, 6.07) is 13.5. The summed E-state index contributed by atoms with van der Waals surface area (Å²) in [5, 5.41) is 3.85. The number of nitrogens with zero attached hydrogens (tertiary/aromatic N) is 4. The van der Waals surface area contributed by atoms with E-state index in [0.29, 0.717) is 18.1 Å². The van der Waals surface area contributed by atoms with Crippen LogP contribution in [0, 0.1) is 0 Å². The van der Waals surface area contributed by atoms with Crippen molar-refractivity contribution in [2.24, 2.45) is 5.73 Å². The number of nitrogens with two attached hydrogens (primary N) is 1. The third-order valence-corrected chi connectivity index (χ3v) is 4.27. The van der Waals surface area contributed by atoms with E-state index in [1.165, 1.54) is 0 Å². The van der Waals surface area contributed by atoms with Gasteiger partial charge in [-0.3, -0.25) is 9.55 Å². The molecule has 0 aliphatic rings. The molecule has 4 rings (SSSR count). The Morgan fingerprint density at radius 1 is 1.04 bits per heavy atom. The van der Waals surface area contributed by atoms with E-state index in [2.05, 4.69) is 19.9 Å².